The van der Waals surface area contributed by atoms with Gasteiger partial charge in [0, 0.05) is 18.8 Å². The van der Waals surface area contributed by atoms with Crippen molar-refractivity contribution in [3.8, 4) is 0 Å². The topological polar surface area (TPSA) is 59.5 Å². The maximum Gasteiger partial charge on any atom is 0.416 e. The molecular weight excluding hydrogens is 316 g/mol. The molecule has 130 valence electrons. The van der Waals surface area contributed by atoms with Crippen molar-refractivity contribution < 1.29 is 14.3 Å². The van der Waals surface area contributed by atoms with E-state index in [1.54, 1.807) is 12.4 Å². The number of amides is 2. The molecule has 5 heteroatoms. The first-order valence-corrected chi connectivity index (χ1v) is 8.65. The van der Waals surface area contributed by atoms with Gasteiger partial charge in [-0.3, -0.25) is 9.78 Å². The van der Waals surface area contributed by atoms with E-state index in [2.05, 4.69) is 4.98 Å². The lowest BCUT2D eigenvalue weighted by Crippen LogP contribution is -2.40. The predicted octanol–water partition coefficient (Wildman–Crippen LogP) is 3.38. The van der Waals surface area contributed by atoms with Crippen LogP contribution >= 0.6 is 0 Å². The molecular formula is C20H22N2O3. The molecule has 0 saturated carbocycles. The van der Waals surface area contributed by atoms with Gasteiger partial charge in [-0.1, -0.05) is 30.3 Å². The number of imide groups is 1. The van der Waals surface area contributed by atoms with Gasteiger partial charge in [-0.2, -0.15) is 0 Å². The Morgan fingerprint density at radius 3 is 2.60 bits per heavy atom. The van der Waals surface area contributed by atoms with Crippen LogP contribution in [-0.2, 0) is 22.4 Å². The van der Waals surface area contributed by atoms with E-state index in [9.17, 15) is 9.59 Å². The number of aromatic nitrogens is 1. The average molecular weight is 338 g/mol. The van der Waals surface area contributed by atoms with Gasteiger partial charge < -0.3 is 4.74 Å². The second-order valence-electron chi connectivity index (χ2n) is 6.25. The van der Waals surface area contributed by atoms with Gasteiger partial charge in [0.25, 0.3) is 0 Å². The number of aryl methyl sites for hydroxylation is 1. The van der Waals surface area contributed by atoms with Gasteiger partial charge in [0.15, 0.2) is 0 Å². The number of hydrogen-bond donors (Lipinski definition) is 0. The molecule has 3 rings (SSSR count). The fourth-order valence-corrected chi connectivity index (χ4v) is 3.08. The van der Waals surface area contributed by atoms with E-state index >= 15 is 0 Å². The van der Waals surface area contributed by atoms with Crippen molar-refractivity contribution in [1.82, 2.24) is 9.88 Å². The summed E-state index contributed by atoms with van der Waals surface area (Å²) in [6, 6.07) is 13.6. The minimum atomic E-state index is -0.514. The summed E-state index contributed by atoms with van der Waals surface area (Å²) in [5.41, 5.74) is 2.31. The van der Waals surface area contributed by atoms with E-state index in [-0.39, 0.29) is 18.6 Å². The first-order chi connectivity index (χ1) is 12.2. The summed E-state index contributed by atoms with van der Waals surface area (Å²) < 4.78 is 5.11. The largest absolute Gasteiger partial charge is 0.447 e. The first kappa shape index (κ1) is 17.1. The molecule has 5 nitrogen and oxygen atoms in total. The van der Waals surface area contributed by atoms with Crippen molar-refractivity contribution in [3.63, 3.8) is 0 Å². The van der Waals surface area contributed by atoms with Crippen LogP contribution in [0.3, 0.4) is 0 Å². The monoisotopic (exact) mass is 338 g/mol. The molecule has 1 aromatic carbocycles. The van der Waals surface area contributed by atoms with Crippen molar-refractivity contribution >= 4 is 12.0 Å². The van der Waals surface area contributed by atoms with Crippen LogP contribution in [-0.4, -0.2) is 34.5 Å². The third-order valence-corrected chi connectivity index (χ3v) is 4.40. The van der Waals surface area contributed by atoms with Crippen molar-refractivity contribution in [2.24, 2.45) is 0 Å². The molecule has 2 aromatic rings. The fourth-order valence-electron chi connectivity index (χ4n) is 3.08. The normalized spacial score (nSPS) is 16.7. The Balaban J connectivity index is 1.49. The number of carbonyl (C=O) groups excluding carboxylic acids is 2. The Bertz CT molecular complexity index is 703. The zero-order valence-electron chi connectivity index (χ0n) is 14.1. The first-order valence-electron chi connectivity index (χ1n) is 8.65. The Morgan fingerprint density at radius 2 is 1.84 bits per heavy atom. The zero-order valence-corrected chi connectivity index (χ0v) is 14.1. The van der Waals surface area contributed by atoms with E-state index < -0.39 is 6.09 Å². The second kappa shape index (κ2) is 8.42. The molecule has 1 aromatic heterocycles. The Morgan fingerprint density at radius 1 is 1.08 bits per heavy atom. The fraction of sp³-hybridized carbons (Fsp3) is 0.350. The summed E-state index contributed by atoms with van der Waals surface area (Å²) in [7, 11) is 0. The van der Waals surface area contributed by atoms with Gasteiger partial charge in [0.05, 0.1) is 6.04 Å². The van der Waals surface area contributed by atoms with E-state index in [1.807, 2.05) is 42.5 Å². The number of ether oxygens (including phenoxy) is 1. The zero-order chi connectivity index (χ0) is 17.5. The van der Waals surface area contributed by atoms with Crippen LogP contribution in [0.25, 0.3) is 0 Å². The number of carbonyl (C=O) groups is 2. The number of hydrogen-bond acceptors (Lipinski definition) is 4. The number of rotatable bonds is 7. The minimum Gasteiger partial charge on any atom is -0.447 e. The van der Waals surface area contributed by atoms with E-state index in [1.165, 1.54) is 10.5 Å². The highest BCUT2D eigenvalue weighted by atomic mass is 16.6. The predicted molar refractivity (Wildman–Crippen MR) is 93.9 cm³/mol. The maximum absolute atomic E-state index is 12.5. The number of benzene rings is 1. The third-order valence-electron chi connectivity index (χ3n) is 4.40. The van der Waals surface area contributed by atoms with E-state index in [4.69, 9.17) is 4.74 Å². The highest BCUT2D eigenvalue weighted by molar-refractivity contribution is 5.93. The lowest BCUT2D eigenvalue weighted by Gasteiger charge is -2.19. The quantitative estimate of drug-likeness (QED) is 0.726. The summed E-state index contributed by atoms with van der Waals surface area (Å²) >= 11 is 0. The van der Waals surface area contributed by atoms with Crippen molar-refractivity contribution in [2.75, 3.05) is 6.61 Å². The summed E-state index contributed by atoms with van der Waals surface area (Å²) in [6.45, 7) is 0.274. The molecule has 0 N–H and O–H groups in total. The molecule has 1 unspecified atom stereocenters. The summed E-state index contributed by atoms with van der Waals surface area (Å²) in [6.07, 6.45) is 6.60. The van der Waals surface area contributed by atoms with Crippen LogP contribution in [0.5, 0.6) is 0 Å². The van der Waals surface area contributed by atoms with Crippen LogP contribution in [0.1, 0.15) is 30.4 Å². The molecule has 1 fully saturated rings. The lowest BCUT2D eigenvalue weighted by atomic mass is 10.0. The van der Waals surface area contributed by atoms with Crippen LogP contribution in [0.4, 0.5) is 4.79 Å². The molecule has 0 aliphatic carbocycles. The van der Waals surface area contributed by atoms with Crippen molar-refractivity contribution in [3.05, 3.63) is 66.0 Å². The maximum atomic E-state index is 12.5. The molecule has 2 amide bonds. The molecule has 1 aliphatic rings. The van der Waals surface area contributed by atoms with Crippen LogP contribution in [0.2, 0.25) is 0 Å². The number of pyridine rings is 1. The van der Waals surface area contributed by atoms with Crippen LogP contribution in [0.15, 0.2) is 54.9 Å². The number of cyclic esters (lactones) is 1. The molecule has 2 heterocycles. The summed E-state index contributed by atoms with van der Waals surface area (Å²) in [5.74, 6) is -0.141. The van der Waals surface area contributed by atoms with Crippen molar-refractivity contribution in [1.29, 1.82) is 0 Å². The van der Waals surface area contributed by atoms with Crippen LogP contribution in [0, 0.1) is 0 Å². The Labute approximate surface area is 147 Å². The third kappa shape index (κ3) is 4.66. The summed E-state index contributed by atoms with van der Waals surface area (Å²) in [5, 5.41) is 0. The molecule has 1 aliphatic heterocycles. The SMILES string of the molecule is O=C(CCCCc1ccncc1)N1C(=O)OCC1Cc1ccccc1. The van der Waals surface area contributed by atoms with Crippen molar-refractivity contribution in [2.45, 2.75) is 38.1 Å². The number of nitrogens with zero attached hydrogens (tertiary/aromatic N) is 2. The van der Waals surface area contributed by atoms with Gasteiger partial charge in [-0.15, -0.1) is 0 Å². The minimum absolute atomic E-state index is 0.141. The molecule has 1 saturated heterocycles. The highest BCUT2D eigenvalue weighted by Gasteiger charge is 2.37. The molecule has 0 spiro atoms. The average Bonchev–Trinajstić information content (AvgIpc) is 3.00. The highest BCUT2D eigenvalue weighted by Crippen LogP contribution is 2.19. The molecule has 25 heavy (non-hydrogen) atoms. The van der Waals surface area contributed by atoms with Gasteiger partial charge in [0.1, 0.15) is 6.61 Å². The van der Waals surface area contributed by atoms with Gasteiger partial charge in [0.2, 0.25) is 5.91 Å². The smallest absolute Gasteiger partial charge is 0.416 e. The molecule has 0 bridgehead atoms. The standard InChI is InChI=1S/C20H22N2O3/c23-19(9-5-4-6-16-10-12-21-13-11-16)22-18(15-25-20(22)24)14-17-7-2-1-3-8-17/h1-3,7-8,10-13,18H,4-6,9,14-15H2. The number of unbranched alkanes of at least 4 members (excludes halogenated alkanes) is 1. The van der Waals surface area contributed by atoms with Gasteiger partial charge >= 0.3 is 6.09 Å². The summed E-state index contributed by atoms with van der Waals surface area (Å²) in [4.78, 5) is 29.7. The van der Waals surface area contributed by atoms with Gasteiger partial charge in [-0.05, 0) is 48.9 Å². The van der Waals surface area contributed by atoms with Crippen LogP contribution < -0.4 is 0 Å². The second-order valence-corrected chi connectivity index (χ2v) is 6.25. The Kier molecular flexibility index (Phi) is 5.77. The molecule has 1 atom stereocenters. The van der Waals surface area contributed by atoms with Gasteiger partial charge in [-0.25, -0.2) is 9.69 Å². The lowest BCUT2D eigenvalue weighted by molar-refractivity contribution is -0.129. The van der Waals surface area contributed by atoms with E-state index in [0.717, 1.165) is 24.8 Å². The molecule has 0 radical (unpaired) electrons. The Hall–Kier alpha value is -2.69. The van der Waals surface area contributed by atoms with E-state index in [0.29, 0.717) is 12.8 Å².